The zero-order chi connectivity index (χ0) is 9.26. The number of aryl methyl sites for hydroxylation is 2. The molecule has 2 aromatic heterocycles. The Hall–Kier alpha value is -1.15. The third-order valence-corrected chi connectivity index (χ3v) is 2.84. The first-order valence-electron chi connectivity index (χ1n) is 4.24. The normalized spacial score (nSPS) is 10.3. The van der Waals surface area contributed by atoms with Gasteiger partial charge in [-0.3, -0.25) is 4.98 Å². The van der Waals surface area contributed by atoms with Crippen molar-refractivity contribution in [2.45, 2.75) is 13.8 Å². The van der Waals surface area contributed by atoms with E-state index in [1.165, 1.54) is 16.0 Å². The minimum absolute atomic E-state index is 1.07. The van der Waals surface area contributed by atoms with Gasteiger partial charge in [0.15, 0.2) is 0 Å². The van der Waals surface area contributed by atoms with Gasteiger partial charge in [-0.2, -0.15) is 0 Å². The lowest BCUT2D eigenvalue weighted by Crippen LogP contribution is -1.80. The summed E-state index contributed by atoms with van der Waals surface area (Å²) in [5, 5.41) is 2.17. The molecule has 0 bridgehead atoms. The summed E-state index contributed by atoms with van der Waals surface area (Å²) in [6, 6.07) is 6.35. The Morgan fingerprint density at radius 1 is 1.15 bits per heavy atom. The van der Waals surface area contributed by atoms with Crippen molar-refractivity contribution in [3.8, 4) is 11.1 Å². The molecule has 0 aromatic carbocycles. The monoisotopic (exact) mass is 189 g/mol. The molecule has 0 aliphatic heterocycles. The minimum atomic E-state index is 1.07. The van der Waals surface area contributed by atoms with E-state index in [0.717, 1.165) is 5.69 Å². The molecule has 0 spiro atoms. The van der Waals surface area contributed by atoms with Gasteiger partial charge in [0.25, 0.3) is 0 Å². The molecule has 2 heteroatoms. The van der Waals surface area contributed by atoms with E-state index in [4.69, 9.17) is 0 Å². The van der Waals surface area contributed by atoms with Crippen LogP contribution in [0.3, 0.4) is 0 Å². The van der Waals surface area contributed by atoms with Crippen molar-refractivity contribution in [2.24, 2.45) is 0 Å². The fourth-order valence-corrected chi connectivity index (χ4v) is 1.95. The highest BCUT2D eigenvalue weighted by Crippen LogP contribution is 2.24. The second kappa shape index (κ2) is 3.30. The summed E-state index contributed by atoms with van der Waals surface area (Å²) >= 11 is 1.78. The smallest absolute Gasteiger partial charge is 0.0373 e. The Kier molecular flexibility index (Phi) is 2.15. The first kappa shape index (κ1) is 8.45. The summed E-state index contributed by atoms with van der Waals surface area (Å²) < 4.78 is 0. The highest BCUT2D eigenvalue weighted by Gasteiger charge is 1.99. The van der Waals surface area contributed by atoms with Crippen molar-refractivity contribution in [3.63, 3.8) is 0 Å². The maximum Gasteiger partial charge on any atom is 0.0373 e. The number of hydrogen-bond acceptors (Lipinski definition) is 2. The fraction of sp³-hybridized carbons (Fsp3) is 0.182. The van der Waals surface area contributed by atoms with Crippen LogP contribution in [-0.2, 0) is 0 Å². The number of rotatable bonds is 1. The summed E-state index contributed by atoms with van der Waals surface area (Å²) in [4.78, 5) is 5.61. The van der Waals surface area contributed by atoms with E-state index in [1.807, 2.05) is 19.2 Å². The number of pyridine rings is 1. The number of aromatic nitrogens is 1. The van der Waals surface area contributed by atoms with Gasteiger partial charge in [0, 0.05) is 22.3 Å². The molecule has 2 heterocycles. The van der Waals surface area contributed by atoms with Crippen LogP contribution in [-0.4, -0.2) is 4.98 Å². The number of nitrogens with zero attached hydrogens (tertiary/aromatic N) is 1. The average Bonchev–Trinajstić information content (AvgIpc) is 2.53. The highest BCUT2D eigenvalue weighted by atomic mass is 32.1. The molecule has 66 valence electrons. The van der Waals surface area contributed by atoms with Gasteiger partial charge in [-0.25, -0.2) is 0 Å². The fourth-order valence-electron chi connectivity index (χ4n) is 1.23. The molecule has 2 rings (SSSR count). The molecule has 0 saturated heterocycles. The summed E-state index contributed by atoms with van der Waals surface area (Å²) in [5.74, 6) is 0. The third kappa shape index (κ3) is 1.78. The molecular formula is C11H11NS. The van der Waals surface area contributed by atoms with Crippen molar-refractivity contribution in [2.75, 3.05) is 0 Å². The standard InChI is InChI=1S/C11H11NS/c1-8-3-4-10(6-12-8)11-5-9(2)13-7-11/h3-7H,1-2H3. The molecule has 0 radical (unpaired) electrons. The zero-order valence-corrected chi connectivity index (χ0v) is 8.56. The van der Waals surface area contributed by atoms with E-state index in [1.54, 1.807) is 11.3 Å². The second-order valence-corrected chi connectivity index (χ2v) is 4.25. The van der Waals surface area contributed by atoms with Crippen LogP contribution in [0.1, 0.15) is 10.6 Å². The van der Waals surface area contributed by atoms with Crippen LogP contribution in [0.25, 0.3) is 11.1 Å². The van der Waals surface area contributed by atoms with E-state index in [2.05, 4.69) is 29.4 Å². The van der Waals surface area contributed by atoms with E-state index in [-0.39, 0.29) is 0 Å². The van der Waals surface area contributed by atoms with Gasteiger partial charge in [-0.15, -0.1) is 11.3 Å². The van der Waals surface area contributed by atoms with Gasteiger partial charge < -0.3 is 0 Å². The Bertz CT molecular complexity index is 400. The van der Waals surface area contributed by atoms with E-state index in [0.29, 0.717) is 0 Å². The largest absolute Gasteiger partial charge is 0.261 e. The van der Waals surface area contributed by atoms with Gasteiger partial charge in [-0.1, -0.05) is 6.07 Å². The zero-order valence-electron chi connectivity index (χ0n) is 7.74. The molecule has 0 N–H and O–H groups in total. The average molecular weight is 189 g/mol. The van der Waals surface area contributed by atoms with Crippen LogP contribution in [0.15, 0.2) is 29.8 Å². The summed E-state index contributed by atoms with van der Waals surface area (Å²) in [6.07, 6.45) is 1.93. The summed E-state index contributed by atoms with van der Waals surface area (Å²) in [6.45, 7) is 4.12. The van der Waals surface area contributed by atoms with Crippen LogP contribution in [0.5, 0.6) is 0 Å². The van der Waals surface area contributed by atoms with Gasteiger partial charge in [0.05, 0.1) is 0 Å². The van der Waals surface area contributed by atoms with E-state index < -0.39 is 0 Å². The molecule has 13 heavy (non-hydrogen) atoms. The van der Waals surface area contributed by atoms with Crippen molar-refractivity contribution >= 4 is 11.3 Å². The van der Waals surface area contributed by atoms with Crippen molar-refractivity contribution in [3.05, 3.63) is 40.3 Å². The predicted molar refractivity (Wildman–Crippen MR) is 57.0 cm³/mol. The van der Waals surface area contributed by atoms with Crippen LogP contribution in [0.2, 0.25) is 0 Å². The lowest BCUT2D eigenvalue weighted by Gasteiger charge is -1.96. The topological polar surface area (TPSA) is 12.9 Å². The first-order chi connectivity index (χ1) is 6.25. The molecule has 0 aliphatic carbocycles. The van der Waals surface area contributed by atoms with Crippen LogP contribution >= 0.6 is 11.3 Å². The van der Waals surface area contributed by atoms with Crippen LogP contribution in [0, 0.1) is 13.8 Å². The molecular weight excluding hydrogens is 178 g/mol. The Morgan fingerprint density at radius 2 is 2.00 bits per heavy atom. The van der Waals surface area contributed by atoms with E-state index >= 15 is 0 Å². The Balaban J connectivity index is 2.41. The number of thiophene rings is 1. The maximum atomic E-state index is 4.27. The first-order valence-corrected chi connectivity index (χ1v) is 5.12. The van der Waals surface area contributed by atoms with Crippen molar-refractivity contribution in [1.29, 1.82) is 0 Å². The molecule has 0 atom stereocenters. The molecule has 0 amide bonds. The summed E-state index contributed by atoms with van der Waals surface area (Å²) in [7, 11) is 0. The second-order valence-electron chi connectivity index (χ2n) is 3.13. The van der Waals surface area contributed by atoms with Crippen LogP contribution < -0.4 is 0 Å². The summed E-state index contributed by atoms with van der Waals surface area (Å²) in [5.41, 5.74) is 3.54. The third-order valence-electron chi connectivity index (χ3n) is 1.98. The quantitative estimate of drug-likeness (QED) is 0.669. The minimum Gasteiger partial charge on any atom is -0.261 e. The molecule has 1 nitrogen and oxygen atoms in total. The van der Waals surface area contributed by atoms with E-state index in [9.17, 15) is 0 Å². The predicted octanol–water partition coefficient (Wildman–Crippen LogP) is 3.43. The molecule has 2 aromatic rings. The van der Waals surface area contributed by atoms with Gasteiger partial charge in [0.2, 0.25) is 0 Å². The molecule has 0 saturated carbocycles. The lowest BCUT2D eigenvalue weighted by molar-refractivity contribution is 1.20. The van der Waals surface area contributed by atoms with Crippen molar-refractivity contribution in [1.82, 2.24) is 4.98 Å². The maximum absolute atomic E-state index is 4.27. The van der Waals surface area contributed by atoms with Gasteiger partial charge >= 0.3 is 0 Å². The lowest BCUT2D eigenvalue weighted by atomic mass is 10.1. The van der Waals surface area contributed by atoms with Crippen molar-refractivity contribution < 1.29 is 0 Å². The Labute approximate surface area is 82.1 Å². The van der Waals surface area contributed by atoms with Gasteiger partial charge in [-0.05, 0) is 36.9 Å². The number of hydrogen-bond donors (Lipinski definition) is 0. The molecule has 0 fully saturated rings. The highest BCUT2D eigenvalue weighted by molar-refractivity contribution is 7.10. The SMILES string of the molecule is Cc1ccc(-c2csc(C)c2)cn1. The molecule has 0 aliphatic rings. The molecule has 0 unspecified atom stereocenters. The Morgan fingerprint density at radius 3 is 2.54 bits per heavy atom. The van der Waals surface area contributed by atoms with Crippen LogP contribution in [0.4, 0.5) is 0 Å². The van der Waals surface area contributed by atoms with Gasteiger partial charge in [0.1, 0.15) is 0 Å².